The first kappa shape index (κ1) is 17.3. The van der Waals surface area contributed by atoms with Crippen molar-refractivity contribution < 1.29 is 4.79 Å². The van der Waals surface area contributed by atoms with Crippen molar-refractivity contribution in [2.45, 2.75) is 50.6 Å². The van der Waals surface area contributed by atoms with Gasteiger partial charge < -0.3 is 4.90 Å². The molecule has 1 N–H and O–H groups in total. The van der Waals surface area contributed by atoms with Crippen LogP contribution in [0.2, 0.25) is 0 Å². The Morgan fingerprint density at radius 3 is 2.38 bits per heavy atom. The molecular formula is C23H28N2O. The summed E-state index contributed by atoms with van der Waals surface area (Å²) in [6.07, 6.45) is 6.69. The monoisotopic (exact) mass is 348 g/mol. The van der Waals surface area contributed by atoms with Gasteiger partial charge >= 0.3 is 0 Å². The van der Waals surface area contributed by atoms with Crippen LogP contribution in [0, 0.1) is 0 Å². The van der Waals surface area contributed by atoms with Crippen LogP contribution in [0.4, 0.5) is 0 Å². The van der Waals surface area contributed by atoms with E-state index in [9.17, 15) is 4.79 Å². The Kier molecular flexibility index (Phi) is 5.35. The molecule has 1 fully saturated rings. The van der Waals surface area contributed by atoms with E-state index in [1.54, 1.807) is 0 Å². The number of carbonyl (C=O) groups is 1. The number of benzene rings is 2. The smallest absolute Gasteiger partial charge is 0.244 e. The van der Waals surface area contributed by atoms with Gasteiger partial charge in [0.05, 0.1) is 0 Å². The Balaban J connectivity index is 1.53. The molecule has 1 amide bonds. The lowest BCUT2D eigenvalue weighted by atomic mass is 9.87. The molecule has 136 valence electrons. The molecule has 0 bridgehead atoms. The van der Waals surface area contributed by atoms with Crippen LogP contribution in [0.25, 0.3) is 0 Å². The third-order valence-electron chi connectivity index (χ3n) is 5.80. The number of likely N-dealkylation sites (tertiary alicyclic amines) is 1. The van der Waals surface area contributed by atoms with E-state index in [-0.39, 0.29) is 11.9 Å². The van der Waals surface area contributed by atoms with Crippen molar-refractivity contribution in [3.63, 3.8) is 0 Å². The summed E-state index contributed by atoms with van der Waals surface area (Å²) in [5, 5.41) is 3.72. The van der Waals surface area contributed by atoms with Crippen molar-refractivity contribution in [2.24, 2.45) is 0 Å². The van der Waals surface area contributed by atoms with Crippen LogP contribution in [0.3, 0.4) is 0 Å². The fourth-order valence-electron chi connectivity index (χ4n) is 4.33. The average Bonchev–Trinajstić information content (AvgIpc) is 2.73. The summed E-state index contributed by atoms with van der Waals surface area (Å²) < 4.78 is 0. The molecule has 2 aromatic carbocycles. The minimum Gasteiger partial charge on any atom is -0.341 e. The van der Waals surface area contributed by atoms with Crippen molar-refractivity contribution in [1.29, 1.82) is 0 Å². The van der Waals surface area contributed by atoms with E-state index in [0.717, 1.165) is 50.8 Å². The predicted molar refractivity (Wildman–Crippen MR) is 105 cm³/mol. The summed E-state index contributed by atoms with van der Waals surface area (Å²) in [6.45, 7) is 1.80. The van der Waals surface area contributed by atoms with E-state index in [2.05, 4.69) is 46.6 Å². The van der Waals surface area contributed by atoms with Gasteiger partial charge in [-0.2, -0.15) is 0 Å². The van der Waals surface area contributed by atoms with E-state index in [1.807, 2.05) is 18.2 Å². The molecule has 1 aliphatic heterocycles. The minimum absolute atomic E-state index is 0.232. The van der Waals surface area contributed by atoms with E-state index in [1.165, 1.54) is 17.5 Å². The number of aryl methyl sites for hydroxylation is 1. The van der Waals surface area contributed by atoms with Crippen LogP contribution in [-0.4, -0.2) is 29.9 Å². The molecule has 1 saturated heterocycles. The van der Waals surface area contributed by atoms with Crippen molar-refractivity contribution in [2.75, 3.05) is 13.1 Å². The van der Waals surface area contributed by atoms with Gasteiger partial charge in [0.25, 0.3) is 0 Å². The number of rotatable bonds is 4. The highest BCUT2D eigenvalue weighted by atomic mass is 16.2. The normalized spacial score (nSPS) is 21.1. The van der Waals surface area contributed by atoms with Gasteiger partial charge in [0.1, 0.15) is 6.04 Å². The molecule has 0 aromatic heterocycles. The van der Waals surface area contributed by atoms with Gasteiger partial charge in [-0.05, 0) is 55.2 Å². The number of nitrogens with zero attached hydrogens (tertiary/aromatic N) is 1. The first-order valence-corrected chi connectivity index (χ1v) is 9.98. The van der Waals surface area contributed by atoms with Crippen LogP contribution in [-0.2, 0) is 17.6 Å². The molecule has 4 rings (SSSR count). The maximum atomic E-state index is 13.3. The molecule has 0 saturated carbocycles. The highest BCUT2D eigenvalue weighted by Gasteiger charge is 2.30. The van der Waals surface area contributed by atoms with Crippen molar-refractivity contribution in [1.82, 2.24) is 10.2 Å². The summed E-state index contributed by atoms with van der Waals surface area (Å²) in [6, 6.07) is 19.1. The summed E-state index contributed by atoms with van der Waals surface area (Å²) in [5.41, 5.74) is 3.97. The van der Waals surface area contributed by atoms with Gasteiger partial charge in [0.15, 0.2) is 0 Å². The van der Waals surface area contributed by atoms with E-state index < -0.39 is 0 Å². The molecule has 0 radical (unpaired) electrons. The van der Waals surface area contributed by atoms with E-state index in [4.69, 9.17) is 0 Å². The van der Waals surface area contributed by atoms with Crippen molar-refractivity contribution in [3.8, 4) is 0 Å². The number of piperidine rings is 1. The predicted octanol–water partition coefficient (Wildman–Crippen LogP) is 3.89. The zero-order valence-corrected chi connectivity index (χ0v) is 15.4. The number of fused-ring (bicyclic) bond motifs is 1. The van der Waals surface area contributed by atoms with Crippen LogP contribution in [0.15, 0.2) is 54.6 Å². The van der Waals surface area contributed by atoms with Gasteiger partial charge in [-0.25, -0.2) is 0 Å². The zero-order chi connectivity index (χ0) is 17.8. The van der Waals surface area contributed by atoms with Crippen molar-refractivity contribution >= 4 is 5.91 Å². The SMILES string of the molecule is O=C([C@H](N[C@@H]1CCc2ccccc2C1)c1ccccc1)N1CCCCC1. The Hall–Kier alpha value is -2.13. The maximum Gasteiger partial charge on any atom is 0.244 e. The molecule has 26 heavy (non-hydrogen) atoms. The Labute approximate surface area is 156 Å². The van der Waals surface area contributed by atoms with Gasteiger partial charge in [-0.3, -0.25) is 10.1 Å². The first-order valence-electron chi connectivity index (χ1n) is 9.98. The molecule has 1 aliphatic carbocycles. The minimum atomic E-state index is -0.232. The van der Waals surface area contributed by atoms with Crippen LogP contribution in [0.1, 0.15) is 48.4 Å². The second kappa shape index (κ2) is 8.05. The maximum absolute atomic E-state index is 13.3. The number of carbonyl (C=O) groups excluding carboxylic acids is 1. The van der Waals surface area contributed by atoms with E-state index >= 15 is 0 Å². The second-order valence-corrected chi connectivity index (χ2v) is 7.60. The summed E-state index contributed by atoms with van der Waals surface area (Å²) in [5.74, 6) is 0.245. The number of nitrogens with one attached hydrogen (secondary N) is 1. The quantitative estimate of drug-likeness (QED) is 0.909. The number of amides is 1. The summed E-state index contributed by atoms with van der Waals surface area (Å²) >= 11 is 0. The molecule has 3 heteroatoms. The van der Waals surface area contributed by atoms with Gasteiger partial charge in [0.2, 0.25) is 5.91 Å². The van der Waals surface area contributed by atoms with E-state index in [0.29, 0.717) is 6.04 Å². The van der Waals surface area contributed by atoms with Crippen LogP contribution >= 0.6 is 0 Å². The highest BCUT2D eigenvalue weighted by Crippen LogP contribution is 2.25. The standard InChI is InChI=1S/C23H28N2O/c26-23(25-15-7-2-8-16-25)22(19-10-3-1-4-11-19)24-21-14-13-18-9-5-6-12-20(18)17-21/h1,3-6,9-12,21-22,24H,2,7-8,13-17H2/t21-,22-/m1/s1. The fraction of sp³-hybridized carbons (Fsp3) is 0.435. The average molecular weight is 348 g/mol. The lowest BCUT2D eigenvalue weighted by Gasteiger charge is -2.34. The Morgan fingerprint density at radius 2 is 1.62 bits per heavy atom. The molecule has 1 heterocycles. The lowest BCUT2D eigenvalue weighted by molar-refractivity contribution is -0.134. The molecule has 2 aromatic rings. The molecule has 0 spiro atoms. The number of hydrogen-bond acceptors (Lipinski definition) is 2. The third-order valence-corrected chi connectivity index (χ3v) is 5.80. The zero-order valence-electron chi connectivity index (χ0n) is 15.4. The number of hydrogen-bond donors (Lipinski definition) is 1. The second-order valence-electron chi connectivity index (χ2n) is 7.60. The Bertz CT molecular complexity index is 737. The molecule has 3 nitrogen and oxygen atoms in total. The highest BCUT2D eigenvalue weighted by molar-refractivity contribution is 5.83. The largest absolute Gasteiger partial charge is 0.341 e. The lowest BCUT2D eigenvalue weighted by Crippen LogP contribution is -2.47. The van der Waals surface area contributed by atoms with Gasteiger partial charge in [-0.15, -0.1) is 0 Å². The van der Waals surface area contributed by atoms with Gasteiger partial charge in [-0.1, -0.05) is 54.6 Å². The molecule has 2 aliphatic rings. The molecular weight excluding hydrogens is 320 g/mol. The Morgan fingerprint density at radius 1 is 0.923 bits per heavy atom. The van der Waals surface area contributed by atoms with Crippen LogP contribution < -0.4 is 5.32 Å². The van der Waals surface area contributed by atoms with Gasteiger partial charge in [0, 0.05) is 19.1 Å². The molecule has 2 atom stereocenters. The molecule has 0 unspecified atom stereocenters. The topological polar surface area (TPSA) is 32.3 Å². The summed E-state index contributed by atoms with van der Waals surface area (Å²) in [4.78, 5) is 15.3. The fourth-order valence-corrected chi connectivity index (χ4v) is 4.33. The first-order chi connectivity index (χ1) is 12.8. The third kappa shape index (κ3) is 3.83. The summed E-state index contributed by atoms with van der Waals surface area (Å²) in [7, 11) is 0. The van der Waals surface area contributed by atoms with Crippen LogP contribution in [0.5, 0.6) is 0 Å². The van der Waals surface area contributed by atoms with Crippen molar-refractivity contribution in [3.05, 3.63) is 71.3 Å².